The Bertz CT molecular complexity index is 469. The fourth-order valence-corrected chi connectivity index (χ4v) is 2.44. The van der Waals surface area contributed by atoms with Crippen LogP contribution in [-0.4, -0.2) is 48.4 Å². The van der Waals surface area contributed by atoms with E-state index in [1.165, 1.54) is 5.56 Å². The predicted octanol–water partition coefficient (Wildman–Crippen LogP) is 1.76. The first-order valence-electron chi connectivity index (χ1n) is 7.19. The van der Waals surface area contributed by atoms with Gasteiger partial charge in [0.2, 0.25) is 5.91 Å². The van der Waals surface area contributed by atoms with Gasteiger partial charge in [0.25, 0.3) is 0 Å². The summed E-state index contributed by atoms with van der Waals surface area (Å²) in [6.45, 7) is 6.89. The van der Waals surface area contributed by atoms with Gasteiger partial charge >= 0.3 is 0 Å². The van der Waals surface area contributed by atoms with Gasteiger partial charge in [-0.2, -0.15) is 0 Å². The number of hydrogen-bond donors (Lipinski definition) is 1. The van der Waals surface area contributed by atoms with Gasteiger partial charge in [-0.3, -0.25) is 10.1 Å². The van der Waals surface area contributed by atoms with E-state index < -0.39 is 0 Å². The number of amides is 1. The van der Waals surface area contributed by atoms with Gasteiger partial charge < -0.3 is 9.80 Å². The minimum absolute atomic E-state index is 0.0134. The second kappa shape index (κ2) is 5.94. The fraction of sp³-hybridized carbons (Fsp3) is 0.562. The Morgan fingerprint density at radius 1 is 1.30 bits per heavy atom. The molecule has 4 heteroatoms. The van der Waals surface area contributed by atoms with E-state index in [9.17, 15) is 4.79 Å². The van der Waals surface area contributed by atoms with Gasteiger partial charge in [0.05, 0.1) is 6.04 Å². The molecule has 20 heavy (non-hydrogen) atoms. The molecule has 4 nitrogen and oxygen atoms in total. The van der Waals surface area contributed by atoms with Crippen LogP contribution in [0, 0.1) is 6.92 Å². The molecule has 0 radical (unpaired) electrons. The normalized spacial score (nSPS) is 24.5. The molecule has 1 aromatic carbocycles. The molecule has 1 saturated heterocycles. The molecular formula is C16H25N3O. The molecule has 1 N–H and O–H groups in total. The summed E-state index contributed by atoms with van der Waals surface area (Å²) < 4.78 is 0. The number of carbonyl (C=O) groups is 1. The molecule has 0 aromatic heterocycles. The predicted molar refractivity (Wildman–Crippen MR) is 81.4 cm³/mol. The largest absolute Gasteiger partial charge is 0.320 e. The van der Waals surface area contributed by atoms with Crippen LogP contribution in [0.3, 0.4) is 0 Å². The molecule has 0 spiro atoms. The molecule has 1 fully saturated rings. The highest BCUT2D eigenvalue weighted by Gasteiger charge is 2.37. The lowest BCUT2D eigenvalue weighted by molar-refractivity contribution is -0.130. The molecule has 3 unspecified atom stereocenters. The third kappa shape index (κ3) is 3.02. The van der Waals surface area contributed by atoms with Crippen LogP contribution in [-0.2, 0) is 4.79 Å². The molecular weight excluding hydrogens is 250 g/mol. The van der Waals surface area contributed by atoms with E-state index in [0.29, 0.717) is 6.04 Å². The second-order valence-corrected chi connectivity index (χ2v) is 6.00. The van der Waals surface area contributed by atoms with Gasteiger partial charge in [0.15, 0.2) is 0 Å². The summed E-state index contributed by atoms with van der Waals surface area (Å²) in [5.41, 5.74) is 2.39. The number of nitrogens with zero attached hydrogens (tertiary/aromatic N) is 2. The average Bonchev–Trinajstić information content (AvgIpc) is 2.68. The third-order valence-corrected chi connectivity index (χ3v) is 4.11. The van der Waals surface area contributed by atoms with E-state index in [1.807, 2.05) is 25.9 Å². The zero-order valence-corrected chi connectivity index (χ0v) is 13.1. The van der Waals surface area contributed by atoms with E-state index in [2.05, 4.69) is 48.3 Å². The van der Waals surface area contributed by atoms with Crippen molar-refractivity contribution >= 4 is 5.91 Å². The number of aryl methyl sites for hydroxylation is 1. The zero-order valence-electron chi connectivity index (χ0n) is 13.1. The first-order chi connectivity index (χ1) is 9.40. The Labute approximate surface area is 121 Å². The molecule has 2 rings (SSSR count). The van der Waals surface area contributed by atoms with Crippen LogP contribution in [0.1, 0.15) is 31.1 Å². The maximum absolute atomic E-state index is 12.4. The Morgan fingerprint density at radius 3 is 2.45 bits per heavy atom. The zero-order chi connectivity index (χ0) is 14.9. The highest BCUT2D eigenvalue weighted by Crippen LogP contribution is 2.26. The van der Waals surface area contributed by atoms with E-state index >= 15 is 0 Å². The van der Waals surface area contributed by atoms with Crippen molar-refractivity contribution in [3.05, 3.63) is 35.4 Å². The van der Waals surface area contributed by atoms with Crippen LogP contribution in [0.25, 0.3) is 0 Å². The Morgan fingerprint density at radius 2 is 1.90 bits per heavy atom. The lowest BCUT2D eigenvalue weighted by Crippen LogP contribution is -2.41. The molecule has 1 aliphatic rings. The monoisotopic (exact) mass is 275 g/mol. The van der Waals surface area contributed by atoms with E-state index in [1.54, 1.807) is 0 Å². The lowest BCUT2D eigenvalue weighted by Gasteiger charge is -2.30. The summed E-state index contributed by atoms with van der Waals surface area (Å²) in [7, 11) is 4.09. The van der Waals surface area contributed by atoms with Crippen LogP contribution in [0.5, 0.6) is 0 Å². The van der Waals surface area contributed by atoms with Crippen molar-refractivity contribution in [2.75, 3.05) is 20.6 Å². The number of benzene rings is 1. The summed E-state index contributed by atoms with van der Waals surface area (Å²) in [6, 6.07) is 8.61. The number of rotatable bonds is 4. The van der Waals surface area contributed by atoms with Crippen LogP contribution >= 0.6 is 0 Å². The van der Waals surface area contributed by atoms with E-state index in [-0.39, 0.29) is 18.1 Å². The summed E-state index contributed by atoms with van der Waals surface area (Å²) >= 11 is 0. The van der Waals surface area contributed by atoms with E-state index in [4.69, 9.17) is 0 Å². The molecule has 0 bridgehead atoms. The molecule has 0 aliphatic carbocycles. The molecule has 110 valence electrons. The lowest BCUT2D eigenvalue weighted by atomic mass is 10.1. The van der Waals surface area contributed by atoms with Gasteiger partial charge in [-0.15, -0.1) is 0 Å². The molecule has 1 heterocycles. The van der Waals surface area contributed by atoms with Crippen LogP contribution in [0.4, 0.5) is 0 Å². The molecule has 3 atom stereocenters. The maximum atomic E-state index is 12.4. The van der Waals surface area contributed by atoms with Crippen molar-refractivity contribution in [2.24, 2.45) is 0 Å². The van der Waals surface area contributed by atoms with Gasteiger partial charge in [-0.1, -0.05) is 29.8 Å². The van der Waals surface area contributed by atoms with Crippen LogP contribution < -0.4 is 5.32 Å². The SMILES string of the molecule is Cc1ccc(C2NC(C)C(=O)N2CC(C)N(C)C)cc1. The Hall–Kier alpha value is -1.39. The summed E-state index contributed by atoms with van der Waals surface area (Å²) in [6.07, 6.45) is -0.0134. The minimum atomic E-state index is -0.115. The highest BCUT2D eigenvalue weighted by molar-refractivity contribution is 5.84. The molecule has 0 saturated carbocycles. The van der Waals surface area contributed by atoms with Crippen molar-refractivity contribution < 1.29 is 4.79 Å². The van der Waals surface area contributed by atoms with E-state index in [0.717, 1.165) is 12.1 Å². The van der Waals surface area contributed by atoms with Gasteiger partial charge in [0, 0.05) is 12.6 Å². The quantitative estimate of drug-likeness (QED) is 0.909. The first kappa shape index (κ1) is 15.0. The maximum Gasteiger partial charge on any atom is 0.241 e. The summed E-state index contributed by atoms with van der Waals surface area (Å²) in [4.78, 5) is 16.5. The fourth-order valence-electron chi connectivity index (χ4n) is 2.44. The standard InChI is InChI=1S/C16H25N3O/c1-11-6-8-14(9-7-11)15-17-13(3)16(20)19(15)10-12(2)18(4)5/h6-9,12-13,15,17H,10H2,1-5H3. The minimum Gasteiger partial charge on any atom is -0.320 e. The molecule has 1 amide bonds. The highest BCUT2D eigenvalue weighted by atomic mass is 16.2. The van der Waals surface area contributed by atoms with Gasteiger partial charge in [-0.25, -0.2) is 0 Å². The van der Waals surface area contributed by atoms with Crippen molar-refractivity contribution in [2.45, 2.75) is 39.0 Å². The topological polar surface area (TPSA) is 35.6 Å². The third-order valence-electron chi connectivity index (χ3n) is 4.11. The summed E-state index contributed by atoms with van der Waals surface area (Å²) in [5.74, 6) is 0.185. The Balaban J connectivity index is 2.21. The van der Waals surface area contributed by atoms with Crippen LogP contribution in [0.15, 0.2) is 24.3 Å². The molecule has 1 aromatic rings. The Kier molecular flexibility index (Phi) is 4.45. The van der Waals surface area contributed by atoms with Crippen molar-refractivity contribution in [1.29, 1.82) is 0 Å². The van der Waals surface area contributed by atoms with Crippen molar-refractivity contribution in [3.63, 3.8) is 0 Å². The average molecular weight is 275 g/mol. The number of likely N-dealkylation sites (N-methyl/N-ethyl adjacent to an activating group) is 1. The summed E-state index contributed by atoms with van der Waals surface area (Å²) in [5, 5.41) is 3.39. The van der Waals surface area contributed by atoms with Gasteiger partial charge in [-0.05, 0) is 40.4 Å². The smallest absolute Gasteiger partial charge is 0.241 e. The van der Waals surface area contributed by atoms with Crippen molar-refractivity contribution in [3.8, 4) is 0 Å². The second-order valence-electron chi connectivity index (χ2n) is 6.00. The molecule has 1 aliphatic heterocycles. The number of hydrogen-bond acceptors (Lipinski definition) is 3. The number of carbonyl (C=O) groups excluding carboxylic acids is 1. The number of nitrogens with one attached hydrogen (secondary N) is 1. The van der Waals surface area contributed by atoms with Gasteiger partial charge in [0.1, 0.15) is 6.17 Å². The van der Waals surface area contributed by atoms with Crippen molar-refractivity contribution in [1.82, 2.24) is 15.1 Å². The first-order valence-corrected chi connectivity index (χ1v) is 7.19. The van der Waals surface area contributed by atoms with Crippen LogP contribution in [0.2, 0.25) is 0 Å².